The Labute approximate surface area is 199 Å². The average molecular weight is 460 g/mol. The standard InChI is InChI=1S/C27H29N3O2S/c1-3-5-8-17-32-23-13-11-21(12-14-23)26(31)30(19-22-9-6-7-16-28-22)27-29-24-15-10-20(4-2)18-25(24)33-27/h6-7,9-16,18H,3-5,8,17,19H2,1-2H3. The topological polar surface area (TPSA) is 55.3 Å². The van der Waals surface area contributed by atoms with Gasteiger partial charge in [-0.25, -0.2) is 4.98 Å². The van der Waals surface area contributed by atoms with Gasteiger partial charge in [-0.2, -0.15) is 0 Å². The molecule has 4 aromatic rings. The molecule has 5 nitrogen and oxygen atoms in total. The van der Waals surface area contributed by atoms with E-state index in [1.54, 1.807) is 11.1 Å². The smallest absolute Gasteiger partial charge is 0.260 e. The van der Waals surface area contributed by atoms with Crippen LogP contribution in [0.5, 0.6) is 5.75 Å². The second-order valence-electron chi connectivity index (χ2n) is 7.94. The number of nitrogens with zero attached hydrogens (tertiary/aromatic N) is 3. The SMILES string of the molecule is CCCCCOc1ccc(C(=O)N(Cc2ccccn2)c2nc3ccc(CC)cc3s2)cc1. The van der Waals surface area contributed by atoms with Crippen LogP contribution in [0.1, 0.15) is 54.7 Å². The zero-order valence-electron chi connectivity index (χ0n) is 19.2. The lowest BCUT2D eigenvalue weighted by Crippen LogP contribution is -2.30. The molecule has 1 amide bonds. The summed E-state index contributed by atoms with van der Waals surface area (Å²) in [6.45, 7) is 5.36. The Hall–Kier alpha value is -3.25. The Kier molecular flexibility index (Phi) is 7.68. The summed E-state index contributed by atoms with van der Waals surface area (Å²) in [5, 5.41) is 0.675. The van der Waals surface area contributed by atoms with Gasteiger partial charge in [0.2, 0.25) is 0 Å². The summed E-state index contributed by atoms with van der Waals surface area (Å²) in [6.07, 6.45) is 6.06. The van der Waals surface area contributed by atoms with E-state index < -0.39 is 0 Å². The van der Waals surface area contributed by atoms with Crippen LogP contribution in [0.4, 0.5) is 5.13 Å². The number of amides is 1. The molecule has 0 aliphatic heterocycles. The van der Waals surface area contributed by atoms with Crippen molar-refractivity contribution in [2.45, 2.75) is 46.1 Å². The van der Waals surface area contributed by atoms with Crippen molar-refractivity contribution in [2.24, 2.45) is 0 Å². The molecule has 33 heavy (non-hydrogen) atoms. The first kappa shape index (κ1) is 22.9. The fourth-order valence-electron chi connectivity index (χ4n) is 3.56. The van der Waals surface area contributed by atoms with Crippen molar-refractivity contribution in [1.29, 1.82) is 0 Å². The van der Waals surface area contributed by atoms with Gasteiger partial charge < -0.3 is 4.74 Å². The van der Waals surface area contributed by atoms with Gasteiger partial charge in [0.25, 0.3) is 5.91 Å². The molecule has 2 aromatic carbocycles. The Morgan fingerprint density at radius 1 is 1.03 bits per heavy atom. The van der Waals surface area contributed by atoms with E-state index in [-0.39, 0.29) is 5.91 Å². The van der Waals surface area contributed by atoms with Crippen molar-refractivity contribution in [3.63, 3.8) is 0 Å². The number of pyridine rings is 1. The lowest BCUT2D eigenvalue weighted by Gasteiger charge is -2.20. The minimum absolute atomic E-state index is 0.104. The number of ether oxygens (including phenoxy) is 1. The van der Waals surface area contributed by atoms with E-state index in [2.05, 4.69) is 31.0 Å². The zero-order chi connectivity index (χ0) is 23.0. The molecule has 0 aliphatic rings. The van der Waals surface area contributed by atoms with E-state index in [0.717, 1.165) is 47.3 Å². The van der Waals surface area contributed by atoms with Crippen molar-refractivity contribution in [3.05, 3.63) is 83.7 Å². The van der Waals surface area contributed by atoms with Crippen molar-refractivity contribution in [2.75, 3.05) is 11.5 Å². The number of carbonyl (C=O) groups excluding carboxylic acids is 1. The normalized spacial score (nSPS) is 11.0. The number of unbranched alkanes of at least 4 members (excludes halogenated alkanes) is 2. The summed E-state index contributed by atoms with van der Waals surface area (Å²) in [6, 6.07) is 19.4. The Bertz CT molecular complexity index is 1190. The molecule has 0 saturated heterocycles. The molecule has 170 valence electrons. The number of hydrogen-bond acceptors (Lipinski definition) is 5. The summed E-state index contributed by atoms with van der Waals surface area (Å²) in [4.78, 5) is 24.5. The van der Waals surface area contributed by atoms with E-state index >= 15 is 0 Å². The maximum absolute atomic E-state index is 13.6. The number of anilines is 1. The molecule has 0 aliphatic carbocycles. The van der Waals surface area contributed by atoms with Gasteiger partial charge in [-0.1, -0.05) is 50.2 Å². The summed E-state index contributed by atoms with van der Waals surface area (Å²) in [5.74, 6) is 0.680. The molecule has 0 spiro atoms. The third-order valence-corrected chi connectivity index (χ3v) is 6.53. The first-order chi connectivity index (χ1) is 16.2. The summed E-state index contributed by atoms with van der Waals surface area (Å²) < 4.78 is 6.88. The first-order valence-corrected chi connectivity index (χ1v) is 12.3. The summed E-state index contributed by atoms with van der Waals surface area (Å²) >= 11 is 1.54. The van der Waals surface area contributed by atoms with Crippen LogP contribution in [0, 0.1) is 0 Å². The molecule has 0 N–H and O–H groups in total. The molecular formula is C27H29N3O2S. The van der Waals surface area contributed by atoms with E-state index in [4.69, 9.17) is 9.72 Å². The van der Waals surface area contributed by atoms with Crippen LogP contribution in [0.15, 0.2) is 66.9 Å². The van der Waals surface area contributed by atoms with Gasteiger partial charge in [-0.3, -0.25) is 14.7 Å². The maximum atomic E-state index is 13.6. The molecule has 4 rings (SSSR count). The second-order valence-corrected chi connectivity index (χ2v) is 8.95. The number of thiazole rings is 1. The third-order valence-electron chi connectivity index (χ3n) is 5.49. The molecular weight excluding hydrogens is 430 g/mol. The second kappa shape index (κ2) is 11.1. The monoisotopic (exact) mass is 459 g/mol. The molecule has 0 saturated carbocycles. The van der Waals surface area contributed by atoms with Crippen LogP contribution in [0.3, 0.4) is 0 Å². The zero-order valence-corrected chi connectivity index (χ0v) is 20.0. The number of benzene rings is 2. The van der Waals surface area contributed by atoms with Crippen LogP contribution < -0.4 is 9.64 Å². The van der Waals surface area contributed by atoms with Crippen LogP contribution in [0.25, 0.3) is 10.2 Å². The molecule has 0 atom stereocenters. The third kappa shape index (κ3) is 5.76. The Morgan fingerprint density at radius 3 is 2.61 bits per heavy atom. The van der Waals surface area contributed by atoms with Gasteiger partial charge in [0.1, 0.15) is 5.75 Å². The molecule has 0 fully saturated rings. The summed E-state index contributed by atoms with van der Waals surface area (Å²) in [5.41, 5.74) is 3.58. The Balaban J connectivity index is 1.60. The number of carbonyl (C=O) groups is 1. The molecule has 0 unspecified atom stereocenters. The lowest BCUT2D eigenvalue weighted by molar-refractivity contribution is 0.0985. The summed E-state index contributed by atoms with van der Waals surface area (Å²) in [7, 11) is 0. The van der Waals surface area contributed by atoms with Gasteiger partial charge in [-0.15, -0.1) is 0 Å². The van der Waals surface area contributed by atoms with Gasteiger partial charge >= 0.3 is 0 Å². The molecule has 0 bridgehead atoms. The average Bonchev–Trinajstić information content (AvgIpc) is 3.29. The molecule has 2 aromatic heterocycles. The number of hydrogen-bond donors (Lipinski definition) is 0. The number of rotatable bonds is 10. The number of aromatic nitrogens is 2. The number of fused-ring (bicyclic) bond motifs is 1. The molecule has 2 heterocycles. The van der Waals surface area contributed by atoms with Gasteiger partial charge in [0, 0.05) is 11.8 Å². The van der Waals surface area contributed by atoms with Gasteiger partial charge in [0.15, 0.2) is 5.13 Å². The van der Waals surface area contributed by atoms with Gasteiger partial charge in [0.05, 0.1) is 29.1 Å². The highest BCUT2D eigenvalue weighted by atomic mass is 32.1. The fourth-order valence-corrected chi connectivity index (χ4v) is 4.59. The highest BCUT2D eigenvalue weighted by molar-refractivity contribution is 7.22. The minimum Gasteiger partial charge on any atom is -0.494 e. The molecule has 0 radical (unpaired) electrons. The van der Waals surface area contributed by atoms with E-state index in [0.29, 0.717) is 23.8 Å². The lowest BCUT2D eigenvalue weighted by atomic mass is 10.2. The predicted molar refractivity (Wildman–Crippen MR) is 135 cm³/mol. The van der Waals surface area contributed by atoms with Crippen molar-refractivity contribution in [1.82, 2.24) is 9.97 Å². The molecule has 6 heteroatoms. The van der Waals surface area contributed by atoms with Crippen LogP contribution in [-0.2, 0) is 13.0 Å². The van der Waals surface area contributed by atoms with Gasteiger partial charge in [-0.05, 0) is 66.9 Å². The fraction of sp³-hybridized carbons (Fsp3) is 0.296. The van der Waals surface area contributed by atoms with E-state index in [1.165, 1.54) is 16.9 Å². The maximum Gasteiger partial charge on any atom is 0.260 e. The first-order valence-electron chi connectivity index (χ1n) is 11.5. The minimum atomic E-state index is -0.104. The largest absolute Gasteiger partial charge is 0.494 e. The van der Waals surface area contributed by atoms with Crippen LogP contribution in [0.2, 0.25) is 0 Å². The van der Waals surface area contributed by atoms with Crippen LogP contribution >= 0.6 is 11.3 Å². The van der Waals surface area contributed by atoms with E-state index in [9.17, 15) is 4.79 Å². The number of aryl methyl sites for hydroxylation is 1. The highest BCUT2D eigenvalue weighted by Gasteiger charge is 2.22. The van der Waals surface area contributed by atoms with Crippen molar-refractivity contribution < 1.29 is 9.53 Å². The van der Waals surface area contributed by atoms with E-state index in [1.807, 2.05) is 48.5 Å². The van der Waals surface area contributed by atoms with Crippen molar-refractivity contribution >= 4 is 32.6 Å². The quantitative estimate of drug-likeness (QED) is 0.249. The highest BCUT2D eigenvalue weighted by Crippen LogP contribution is 2.31. The van der Waals surface area contributed by atoms with Crippen LogP contribution in [-0.4, -0.2) is 22.5 Å². The predicted octanol–water partition coefficient (Wildman–Crippen LogP) is 6.67. The Morgan fingerprint density at radius 2 is 1.88 bits per heavy atom. The van der Waals surface area contributed by atoms with Crippen molar-refractivity contribution in [3.8, 4) is 5.75 Å².